The highest BCUT2D eigenvalue weighted by molar-refractivity contribution is 5.75. The van der Waals surface area contributed by atoms with Gasteiger partial charge in [-0.05, 0) is 12.5 Å². The predicted molar refractivity (Wildman–Crippen MR) is 235 cm³/mol. The van der Waals surface area contributed by atoms with E-state index in [-0.39, 0.29) is 77.7 Å². The van der Waals surface area contributed by atoms with Gasteiger partial charge in [0.2, 0.25) is 11.9 Å². The van der Waals surface area contributed by atoms with E-state index in [2.05, 4.69) is 25.9 Å². The zero-order chi connectivity index (χ0) is 50.0. The van der Waals surface area contributed by atoms with Gasteiger partial charge in [-0.25, -0.2) is 9.97 Å². The molecule has 1 amide bonds. The molecule has 0 aromatic carbocycles. The van der Waals surface area contributed by atoms with Gasteiger partial charge in [0.1, 0.15) is 42.4 Å². The summed E-state index contributed by atoms with van der Waals surface area (Å²) in [4.78, 5) is 19.1. The number of anilines is 1. The van der Waals surface area contributed by atoms with E-state index in [0.717, 1.165) is 12.3 Å². The number of aromatic nitrogens is 2. The summed E-state index contributed by atoms with van der Waals surface area (Å²) in [5, 5.41) is 58.8. The van der Waals surface area contributed by atoms with Crippen LogP contribution in [0.1, 0.15) is 25.0 Å². The maximum Gasteiger partial charge on any atom is 0.433 e. The number of carbonyl (C=O) groups is 1. The van der Waals surface area contributed by atoms with E-state index in [1.54, 1.807) is 0 Å². The van der Waals surface area contributed by atoms with Gasteiger partial charge in [-0.3, -0.25) is 10.1 Å². The number of hydrogen-bond donors (Lipinski definition) is 9. The number of aliphatic hydroxyl groups excluding tert-OH is 5. The molecular formula is C42H75F3N6O18. The third kappa shape index (κ3) is 28.3. The zero-order valence-electron chi connectivity index (χ0n) is 39.1. The van der Waals surface area contributed by atoms with Crippen LogP contribution < -0.4 is 21.7 Å². The quantitative estimate of drug-likeness (QED) is 0.0236. The average Bonchev–Trinajstić information content (AvgIpc) is 3.32. The van der Waals surface area contributed by atoms with Gasteiger partial charge < -0.3 is 98.7 Å². The Morgan fingerprint density at radius 3 is 1.84 bits per heavy atom. The van der Waals surface area contributed by atoms with Crippen molar-refractivity contribution in [3.8, 4) is 0 Å². The summed E-state index contributed by atoms with van der Waals surface area (Å²) >= 11 is 0. The molecule has 3 heterocycles. The molecule has 9 atom stereocenters. The first kappa shape index (κ1) is 60.7. The molecule has 2 saturated heterocycles. The second kappa shape index (κ2) is 37.2. The van der Waals surface area contributed by atoms with Gasteiger partial charge in [-0.2, -0.15) is 13.2 Å². The molecule has 24 nitrogen and oxygen atoms in total. The first-order valence-corrected chi connectivity index (χ1v) is 23.2. The fourth-order valence-electron chi connectivity index (χ4n) is 6.26. The van der Waals surface area contributed by atoms with Crippen molar-refractivity contribution in [2.75, 3.05) is 164 Å². The van der Waals surface area contributed by atoms with Crippen LogP contribution in [0.25, 0.3) is 0 Å². The Hall–Kier alpha value is -2.62. The van der Waals surface area contributed by atoms with Crippen LogP contribution in [0.5, 0.6) is 0 Å². The van der Waals surface area contributed by atoms with Gasteiger partial charge in [-0.1, -0.05) is 0 Å². The largest absolute Gasteiger partial charge is 0.433 e. The lowest BCUT2D eigenvalue weighted by Gasteiger charge is -2.37. The maximum atomic E-state index is 12.9. The number of halogens is 3. The lowest BCUT2D eigenvalue weighted by molar-refractivity contribution is -0.161. The topological polar surface area (TPSA) is 317 Å². The monoisotopic (exact) mass is 1010 g/mol. The molecule has 2 aliphatic heterocycles. The van der Waals surface area contributed by atoms with E-state index >= 15 is 0 Å². The predicted octanol–water partition coefficient (Wildman–Crippen LogP) is -2.80. The summed E-state index contributed by atoms with van der Waals surface area (Å²) in [6.07, 6.45) is -9.46. The number of amides is 1. The molecule has 1 aromatic heterocycles. The maximum absolute atomic E-state index is 12.9. The van der Waals surface area contributed by atoms with Gasteiger partial charge >= 0.3 is 6.18 Å². The van der Waals surface area contributed by atoms with Gasteiger partial charge in [0, 0.05) is 38.7 Å². The first-order chi connectivity index (χ1) is 33.3. The smallest absolute Gasteiger partial charge is 0.390 e. The molecule has 2 unspecified atom stereocenters. The Kier molecular flexibility index (Phi) is 32.7. The molecule has 69 heavy (non-hydrogen) atoms. The summed E-state index contributed by atoms with van der Waals surface area (Å²) in [5.41, 5.74) is 4.87. The molecule has 402 valence electrons. The standard InChI is InChI=1S/C42H75F3N6O18/c43-42(44,45)35-1-5-49-41(51-35)50-31-27-69-34(40(57)38(31)55)29-67-24-22-63-20-18-61-16-14-59-12-7-48-37(54)4-9-65-26-30(46)25-64-8-3-36(53)47-6-11-58-13-15-60-17-19-62-21-23-66-28-33-39(56)32(52)2-10-68-33/h1,5,30-34,37-40,48,52,54-57H,2-4,6-29,46H2,(H,47,53)(H,49,50,51)/t30?,31-,32+,33+,34+,37?,38+,39+,40-/m0/s1. The first-order valence-electron chi connectivity index (χ1n) is 23.2. The third-order valence-electron chi connectivity index (χ3n) is 10.1. The fraction of sp³-hybridized carbons (Fsp3) is 0.881. The van der Waals surface area contributed by atoms with E-state index in [0.29, 0.717) is 112 Å². The summed E-state index contributed by atoms with van der Waals surface area (Å²) < 4.78 is 104. The summed E-state index contributed by atoms with van der Waals surface area (Å²) in [6.45, 7) is 6.73. The number of rotatable bonds is 41. The van der Waals surface area contributed by atoms with Crippen molar-refractivity contribution in [1.29, 1.82) is 0 Å². The number of alkyl halides is 3. The highest BCUT2D eigenvalue weighted by Crippen LogP contribution is 2.28. The number of carbonyl (C=O) groups excluding carboxylic acids is 1. The number of ether oxygens (including phenoxy) is 12. The summed E-state index contributed by atoms with van der Waals surface area (Å²) in [7, 11) is 0. The zero-order valence-corrected chi connectivity index (χ0v) is 39.1. The highest BCUT2D eigenvalue weighted by Gasteiger charge is 2.39. The fourth-order valence-corrected chi connectivity index (χ4v) is 6.26. The van der Waals surface area contributed by atoms with Crippen LogP contribution in [0.2, 0.25) is 0 Å². The van der Waals surface area contributed by atoms with E-state index in [9.17, 15) is 43.5 Å². The molecule has 1 aromatic rings. The Bertz CT molecular complexity index is 1440. The summed E-state index contributed by atoms with van der Waals surface area (Å²) in [6, 6.07) is -0.612. The number of nitrogens with one attached hydrogen (secondary N) is 3. The van der Waals surface area contributed by atoms with Crippen LogP contribution in [0, 0.1) is 0 Å². The minimum absolute atomic E-state index is 0.0445. The molecule has 27 heteroatoms. The molecule has 0 spiro atoms. The minimum Gasteiger partial charge on any atom is -0.390 e. The average molecular weight is 1010 g/mol. The van der Waals surface area contributed by atoms with Crippen LogP contribution >= 0.6 is 0 Å². The van der Waals surface area contributed by atoms with Crippen LogP contribution in [-0.2, 0) is 67.8 Å². The number of nitrogens with two attached hydrogens (primary N) is 1. The lowest BCUT2D eigenvalue weighted by atomic mass is 9.98. The molecule has 2 aliphatic rings. The second-order valence-electron chi connectivity index (χ2n) is 15.7. The Morgan fingerprint density at radius 2 is 1.25 bits per heavy atom. The highest BCUT2D eigenvalue weighted by atomic mass is 19.4. The van der Waals surface area contributed by atoms with Crippen molar-refractivity contribution < 1.29 is 100 Å². The second-order valence-corrected chi connectivity index (χ2v) is 15.7. The van der Waals surface area contributed by atoms with Gasteiger partial charge in [-0.15, -0.1) is 0 Å². The van der Waals surface area contributed by atoms with Crippen molar-refractivity contribution in [2.24, 2.45) is 5.73 Å². The number of hydrogen-bond acceptors (Lipinski definition) is 23. The molecule has 0 saturated carbocycles. The van der Waals surface area contributed by atoms with Crippen LogP contribution in [0.3, 0.4) is 0 Å². The van der Waals surface area contributed by atoms with Crippen molar-refractivity contribution in [2.45, 2.75) is 80.4 Å². The summed E-state index contributed by atoms with van der Waals surface area (Å²) in [5.74, 6) is -0.528. The van der Waals surface area contributed by atoms with Crippen LogP contribution in [0.4, 0.5) is 19.1 Å². The van der Waals surface area contributed by atoms with Gasteiger partial charge in [0.05, 0.1) is 157 Å². The molecule has 0 radical (unpaired) electrons. The van der Waals surface area contributed by atoms with Crippen molar-refractivity contribution in [3.05, 3.63) is 18.0 Å². The third-order valence-corrected chi connectivity index (χ3v) is 10.1. The van der Waals surface area contributed by atoms with E-state index in [4.69, 9.17) is 62.6 Å². The van der Waals surface area contributed by atoms with E-state index in [1.165, 1.54) is 0 Å². The molecule has 10 N–H and O–H groups in total. The van der Waals surface area contributed by atoms with E-state index < -0.39 is 66.8 Å². The Morgan fingerprint density at radius 1 is 0.710 bits per heavy atom. The van der Waals surface area contributed by atoms with Crippen molar-refractivity contribution in [1.82, 2.24) is 20.6 Å². The minimum atomic E-state index is -4.66. The molecular weight excluding hydrogens is 933 g/mol. The van der Waals surface area contributed by atoms with Crippen molar-refractivity contribution >= 4 is 11.9 Å². The molecule has 2 fully saturated rings. The number of nitrogens with zero attached hydrogens (tertiary/aromatic N) is 2. The SMILES string of the molecule is NC(COCCC(=O)NCCOCCOCCOCCOC[C@H]1OCC[C@@H](O)[C@H]1O)COCCC(O)NCCOCCOCCOCCOC[C@H]1OC[C@H](Nc2nccc(C(F)(F)F)n2)[C@@H](O)[C@H]1O. The molecule has 0 aliphatic carbocycles. The number of aliphatic hydroxyl groups is 5. The Labute approximate surface area is 400 Å². The molecule has 0 bridgehead atoms. The molecule has 3 rings (SSSR count). The van der Waals surface area contributed by atoms with Gasteiger partial charge in [0.25, 0.3) is 0 Å². The van der Waals surface area contributed by atoms with Crippen molar-refractivity contribution in [3.63, 3.8) is 0 Å². The van der Waals surface area contributed by atoms with Crippen LogP contribution in [-0.4, -0.2) is 255 Å². The van der Waals surface area contributed by atoms with Crippen LogP contribution in [0.15, 0.2) is 12.3 Å². The normalized spacial score (nSPS) is 22.9. The van der Waals surface area contributed by atoms with E-state index in [1.807, 2.05) is 0 Å². The Balaban J connectivity index is 0.984. The lowest BCUT2D eigenvalue weighted by Crippen LogP contribution is -2.57. The van der Waals surface area contributed by atoms with Gasteiger partial charge in [0.15, 0.2) is 0 Å².